The SMILES string of the molecule is CSCC(C)(C)/C(=N/O)n1ccnc1. The molecule has 1 N–H and O–H groups in total. The fourth-order valence-electron chi connectivity index (χ4n) is 1.35. The average molecular weight is 213 g/mol. The molecule has 0 fully saturated rings. The molecule has 0 unspecified atom stereocenters. The second kappa shape index (κ2) is 4.50. The van der Waals surface area contributed by atoms with E-state index in [0.29, 0.717) is 5.84 Å². The molecule has 0 atom stereocenters. The summed E-state index contributed by atoms with van der Waals surface area (Å²) in [5.74, 6) is 1.51. The van der Waals surface area contributed by atoms with Crippen molar-refractivity contribution in [2.24, 2.45) is 10.6 Å². The van der Waals surface area contributed by atoms with Crippen LogP contribution in [-0.4, -0.2) is 32.6 Å². The standard InChI is InChI=1S/C9H15N3OS/c1-9(2,6-14-3)8(11-13)12-5-4-10-7-12/h4-5,7,13H,6H2,1-3H3/b11-8-. The van der Waals surface area contributed by atoms with E-state index < -0.39 is 0 Å². The Morgan fingerprint density at radius 3 is 2.79 bits per heavy atom. The maximum atomic E-state index is 8.99. The lowest BCUT2D eigenvalue weighted by atomic mass is 9.94. The van der Waals surface area contributed by atoms with Crippen LogP contribution in [0, 0.1) is 5.41 Å². The number of nitrogens with zero attached hydrogens (tertiary/aromatic N) is 3. The van der Waals surface area contributed by atoms with E-state index in [2.05, 4.69) is 10.1 Å². The molecule has 1 heterocycles. The van der Waals surface area contributed by atoms with E-state index in [9.17, 15) is 0 Å². The molecular weight excluding hydrogens is 198 g/mol. The zero-order valence-corrected chi connectivity index (χ0v) is 9.45. The summed E-state index contributed by atoms with van der Waals surface area (Å²) in [5.41, 5.74) is -0.172. The van der Waals surface area contributed by atoms with Crippen molar-refractivity contribution in [3.05, 3.63) is 18.7 Å². The van der Waals surface area contributed by atoms with Crippen LogP contribution in [0.2, 0.25) is 0 Å². The minimum absolute atomic E-state index is 0.172. The highest BCUT2D eigenvalue weighted by Gasteiger charge is 2.26. The van der Waals surface area contributed by atoms with Gasteiger partial charge < -0.3 is 5.21 Å². The molecule has 1 aromatic heterocycles. The quantitative estimate of drug-likeness (QED) is 0.361. The molecule has 1 aromatic rings. The van der Waals surface area contributed by atoms with Crippen molar-refractivity contribution in [3.63, 3.8) is 0 Å². The minimum atomic E-state index is -0.172. The molecule has 0 aliphatic rings. The molecular formula is C9H15N3OS. The minimum Gasteiger partial charge on any atom is -0.409 e. The fourth-order valence-corrected chi connectivity index (χ4v) is 2.20. The van der Waals surface area contributed by atoms with Gasteiger partial charge in [-0.05, 0) is 6.26 Å². The predicted molar refractivity (Wildman–Crippen MR) is 59.0 cm³/mol. The van der Waals surface area contributed by atoms with Gasteiger partial charge in [-0.1, -0.05) is 19.0 Å². The lowest BCUT2D eigenvalue weighted by molar-refractivity contribution is 0.308. The smallest absolute Gasteiger partial charge is 0.160 e. The van der Waals surface area contributed by atoms with Crippen molar-refractivity contribution in [1.29, 1.82) is 0 Å². The van der Waals surface area contributed by atoms with Gasteiger partial charge in [0.05, 0.1) is 0 Å². The molecule has 0 saturated carbocycles. The highest BCUT2D eigenvalue weighted by Crippen LogP contribution is 2.23. The molecule has 5 heteroatoms. The summed E-state index contributed by atoms with van der Waals surface area (Å²) in [6, 6.07) is 0. The van der Waals surface area contributed by atoms with Gasteiger partial charge in [0.15, 0.2) is 5.84 Å². The van der Waals surface area contributed by atoms with Gasteiger partial charge in [-0.3, -0.25) is 4.57 Å². The van der Waals surface area contributed by atoms with Crippen molar-refractivity contribution < 1.29 is 5.21 Å². The Morgan fingerprint density at radius 2 is 2.36 bits per heavy atom. The molecule has 0 bridgehead atoms. The predicted octanol–water partition coefficient (Wildman–Crippen LogP) is 1.91. The van der Waals surface area contributed by atoms with E-state index >= 15 is 0 Å². The van der Waals surface area contributed by atoms with Crippen LogP contribution < -0.4 is 0 Å². The van der Waals surface area contributed by atoms with Gasteiger partial charge in [0.25, 0.3) is 0 Å². The normalized spacial score (nSPS) is 13.2. The number of thioether (sulfide) groups is 1. The van der Waals surface area contributed by atoms with Gasteiger partial charge in [-0.2, -0.15) is 11.8 Å². The Morgan fingerprint density at radius 1 is 1.64 bits per heavy atom. The second-order valence-corrected chi connectivity index (χ2v) is 4.58. The lowest BCUT2D eigenvalue weighted by Gasteiger charge is -2.24. The third-order valence-electron chi connectivity index (χ3n) is 1.95. The van der Waals surface area contributed by atoms with E-state index in [1.165, 1.54) is 0 Å². The highest BCUT2D eigenvalue weighted by atomic mass is 32.2. The molecule has 78 valence electrons. The van der Waals surface area contributed by atoms with Gasteiger partial charge in [0.2, 0.25) is 0 Å². The van der Waals surface area contributed by atoms with E-state index in [1.54, 1.807) is 35.0 Å². The Labute approximate surface area is 88.0 Å². The monoisotopic (exact) mass is 213 g/mol. The van der Waals surface area contributed by atoms with Crippen LogP contribution in [0.25, 0.3) is 0 Å². The van der Waals surface area contributed by atoms with E-state index in [1.807, 2.05) is 20.1 Å². The molecule has 0 spiro atoms. The van der Waals surface area contributed by atoms with E-state index in [4.69, 9.17) is 5.21 Å². The van der Waals surface area contributed by atoms with Crippen LogP contribution >= 0.6 is 11.8 Å². The first-order valence-electron chi connectivity index (χ1n) is 4.31. The Bertz CT molecular complexity index is 306. The number of aromatic nitrogens is 2. The van der Waals surface area contributed by atoms with Gasteiger partial charge in [0, 0.05) is 23.6 Å². The summed E-state index contributed by atoms with van der Waals surface area (Å²) in [4.78, 5) is 3.93. The summed E-state index contributed by atoms with van der Waals surface area (Å²) < 4.78 is 1.73. The Balaban J connectivity index is 2.94. The maximum absolute atomic E-state index is 8.99. The van der Waals surface area contributed by atoms with Crippen molar-refractivity contribution in [2.75, 3.05) is 12.0 Å². The molecule has 14 heavy (non-hydrogen) atoms. The van der Waals surface area contributed by atoms with Crippen LogP contribution in [0.3, 0.4) is 0 Å². The molecule has 0 radical (unpaired) electrons. The van der Waals surface area contributed by atoms with Crippen molar-refractivity contribution in [1.82, 2.24) is 9.55 Å². The van der Waals surface area contributed by atoms with E-state index in [-0.39, 0.29) is 5.41 Å². The lowest BCUT2D eigenvalue weighted by Crippen LogP contribution is -2.32. The number of hydrogen-bond acceptors (Lipinski definition) is 4. The summed E-state index contributed by atoms with van der Waals surface area (Å²) in [5, 5.41) is 12.3. The van der Waals surface area contributed by atoms with Crippen LogP contribution in [-0.2, 0) is 0 Å². The van der Waals surface area contributed by atoms with E-state index in [0.717, 1.165) is 5.75 Å². The molecule has 1 rings (SSSR count). The van der Waals surface area contributed by atoms with Crippen LogP contribution in [0.15, 0.2) is 23.9 Å². The van der Waals surface area contributed by atoms with Crippen LogP contribution in [0.4, 0.5) is 0 Å². The van der Waals surface area contributed by atoms with Gasteiger partial charge in [-0.25, -0.2) is 4.98 Å². The Kier molecular flexibility index (Phi) is 3.57. The second-order valence-electron chi connectivity index (χ2n) is 3.71. The number of rotatable bonds is 3. The molecule has 0 saturated heterocycles. The van der Waals surface area contributed by atoms with Crippen LogP contribution in [0.5, 0.6) is 0 Å². The maximum Gasteiger partial charge on any atom is 0.160 e. The van der Waals surface area contributed by atoms with Crippen molar-refractivity contribution >= 4 is 17.6 Å². The van der Waals surface area contributed by atoms with Gasteiger partial charge in [-0.15, -0.1) is 0 Å². The average Bonchev–Trinajstić information content (AvgIpc) is 2.57. The number of hydrogen-bond donors (Lipinski definition) is 1. The molecule has 0 aromatic carbocycles. The third kappa shape index (κ3) is 2.29. The fraction of sp³-hybridized carbons (Fsp3) is 0.556. The van der Waals surface area contributed by atoms with Crippen molar-refractivity contribution in [2.45, 2.75) is 13.8 Å². The topological polar surface area (TPSA) is 50.4 Å². The zero-order chi connectivity index (χ0) is 10.6. The van der Waals surface area contributed by atoms with Gasteiger partial charge in [0.1, 0.15) is 6.33 Å². The molecule has 4 nitrogen and oxygen atoms in total. The molecule has 0 amide bonds. The number of oxime groups is 1. The van der Waals surface area contributed by atoms with Crippen molar-refractivity contribution in [3.8, 4) is 0 Å². The van der Waals surface area contributed by atoms with Gasteiger partial charge >= 0.3 is 0 Å². The first-order chi connectivity index (χ1) is 6.61. The van der Waals surface area contributed by atoms with Crippen LogP contribution in [0.1, 0.15) is 13.8 Å². The Hall–Kier alpha value is -0.970. The largest absolute Gasteiger partial charge is 0.409 e. The summed E-state index contributed by atoms with van der Waals surface area (Å²) >= 11 is 1.72. The third-order valence-corrected chi connectivity index (χ3v) is 2.96. The molecule has 0 aliphatic heterocycles. The summed E-state index contributed by atoms with van der Waals surface area (Å²) in [7, 11) is 0. The highest BCUT2D eigenvalue weighted by molar-refractivity contribution is 7.98. The first-order valence-corrected chi connectivity index (χ1v) is 5.71. The summed E-state index contributed by atoms with van der Waals surface area (Å²) in [6.07, 6.45) is 7.11. The summed E-state index contributed by atoms with van der Waals surface area (Å²) in [6.45, 7) is 4.08. The first kappa shape index (κ1) is 11.1. The zero-order valence-electron chi connectivity index (χ0n) is 8.64. The molecule has 0 aliphatic carbocycles. The number of imidazole rings is 1.